The van der Waals surface area contributed by atoms with Crippen molar-refractivity contribution in [3.63, 3.8) is 0 Å². The van der Waals surface area contributed by atoms with Crippen molar-refractivity contribution < 1.29 is 14.7 Å². The molecule has 15 heavy (non-hydrogen) atoms. The first-order valence-corrected chi connectivity index (χ1v) is 4.23. The number of carbonyl (C=O) groups excluding carboxylic acids is 1. The quantitative estimate of drug-likeness (QED) is 0.694. The lowest BCUT2D eigenvalue weighted by molar-refractivity contribution is -0.112. The zero-order valence-corrected chi connectivity index (χ0v) is 8.21. The highest BCUT2D eigenvalue weighted by Gasteiger charge is 2.05. The Morgan fingerprint density at radius 2 is 2.07 bits per heavy atom. The third-order valence-electron chi connectivity index (χ3n) is 1.54. The van der Waals surface area contributed by atoms with Gasteiger partial charge in [-0.3, -0.25) is 4.79 Å². The van der Waals surface area contributed by atoms with E-state index >= 15 is 0 Å². The maximum Gasteiger partial charge on any atom is 0.335 e. The zero-order valence-electron chi connectivity index (χ0n) is 7.45. The second kappa shape index (κ2) is 4.49. The van der Waals surface area contributed by atoms with Crippen LogP contribution in [0.1, 0.15) is 15.9 Å². The summed E-state index contributed by atoms with van der Waals surface area (Å²) in [6.07, 6.45) is 0. The summed E-state index contributed by atoms with van der Waals surface area (Å²) in [7, 11) is 0. The molecule has 3 N–H and O–H groups in total. The van der Waals surface area contributed by atoms with Gasteiger partial charge >= 0.3 is 5.97 Å². The minimum Gasteiger partial charge on any atom is -0.478 e. The fourth-order valence-electron chi connectivity index (χ4n) is 0.878. The molecule has 0 fully saturated rings. The SMILES string of the molecule is NC(=O)C#Cc1ccc(C(=O)O)cc1Cl. The van der Waals surface area contributed by atoms with Crippen LogP contribution in [0.3, 0.4) is 0 Å². The minimum absolute atomic E-state index is 0.0598. The molecule has 5 heteroatoms. The number of amides is 1. The molecule has 1 aromatic rings. The molecule has 0 aliphatic heterocycles. The van der Waals surface area contributed by atoms with Crippen molar-refractivity contribution in [2.24, 2.45) is 5.73 Å². The number of carbonyl (C=O) groups is 2. The largest absolute Gasteiger partial charge is 0.478 e. The van der Waals surface area contributed by atoms with Gasteiger partial charge in [0.15, 0.2) is 0 Å². The highest BCUT2D eigenvalue weighted by atomic mass is 35.5. The molecule has 1 rings (SSSR count). The number of carboxylic acid groups (broad SMARTS) is 1. The van der Waals surface area contributed by atoms with Gasteiger partial charge in [0.25, 0.3) is 5.91 Å². The summed E-state index contributed by atoms with van der Waals surface area (Å²) < 4.78 is 0. The van der Waals surface area contributed by atoms with Crippen LogP contribution in [0.5, 0.6) is 0 Å². The summed E-state index contributed by atoms with van der Waals surface area (Å²) in [4.78, 5) is 20.9. The molecule has 76 valence electrons. The van der Waals surface area contributed by atoms with Gasteiger partial charge in [-0.15, -0.1) is 0 Å². The number of rotatable bonds is 1. The Hall–Kier alpha value is -1.99. The van der Waals surface area contributed by atoms with Crippen molar-refractivity contribution in [2.75, 3.05) is 0 Å². The fourth-order valence-corrected chi connectivity index (χ4v) is 1.11. The Labute approximate surface area is 90.7 Å². The van der Waals surface area contributed by atoms with E-state index in [-0.39, 0.29) is 10.6 Å². The number of carboxylic acids is 1. The number of halogens is 1. The van der Waals surface area contributed by atoms with Crippen molar-refractivity contribution in [1.82, 2.24) is 0 Å². The Balaban J connectivity index is 3.10. The molecular weight excluding hydrogens is 218 g/mol. The summed E-state index contributed by atoms with van der Waals surface area (Å²) in [6.45, 7) is 0. The highest BCUT2D eigenvalue weighted by molar-refractivity contribution is 6.32. The summed E-state index contributed by atoms with van der Waals surface area (Å²) in [6, 6.07) is 4.02. The van der Waals surface area contributed by atoms with Crippen LogP contribution in [0, 0.1) is 11.8 Å². The monoisotopic (exact) mass is 223 g/mol. The molecule has 0 atom stereocenters. The average molecular weight is 224 g/mol. The topological polar surface area (TPSA) is 80.4 Å². The zero-order chi connectivity index (χ0) is 11.4. The van der Waals surface area contributed by atoms with Gasteiger partial charge < -0.3 is 10.8 Å². The first kappa shape index (κ1) is 11.1. The molecule has 0 aliphatic rings. The molecule has 4 nitrogen and oxygen atoms in total. The molecule has 0 spiro atoms. The van der Waals surface area contributed by atoms with Gasteiger partial charge in [0.05, 0.1) is 10.6 Å². The van der Waals surface area contributed by atoms with Crippen LogP contribution in [-0.2, 0) is 4.79 Å². The number of hydrogen-bond donors (Lipinski definition) is 2. The Morgan fingerprint density at radius 3 is 2.53 bits per heavy atom. The maximum absolute atomic E-state index is 10.6. The van der Waals surface area contributed by atoms with Crippen molar-refractivity contribution in [1.29, 1.82) is 0 Å². The van der Waals surface area contributed by atoms with Gasteiger partial charge in [-0.2, -0.15) is 0 Å². The van der Waals surface area contributed by atoms with E-state index in [2.05, 4.69) is 11.8 Å². The minimum atomic E-state index is -1.08. The van der Waals surface area contributed by atoms with Gasteiger partial charge in [-0.05, 0) is 18.2 Å². The van der Waals surface area contributed by atoms with Crippen molar-refractivity contribution in [3.8, 4) is 11.8 Å². The molecule has 0 unspecified atom stereocenters. The summed E-state index contributed by atoms with van der Waals surface area (Å²) in [5.74, 6) is 2.69. The molecule has 0 saturated carbocycles. The molecule has 1 amide bonds. The normalized spacial score (nSPS) is 8.87. The van der Waals surface area contributed by atoms with E-state index in [1.165, 1.54) is 18.2 Å². The lowest BCUT2D eigenvalue weighted by Gasteiger charge is -1.97. The van der Waals surface area contributed by atoms with Crippen LogP contribution in [0.25, 0.3) is 0 Å². The molecule has 0 saturated heterocycles. The van der Waals surface area contributed by atoms with Crippen LogP contribution < -0.4 is 5.73 Å². The molecule has 1 aromatic carbocycles. The number of nitrogens with two attached hydrogens (primary N) is 1. The van der Waals surface area contributed by atoms with Crippen LogP contribution in [0.4, 0.5) is 0 Å². The van der Waals surface area contributed by atoms with Gasteiger partial charge in [0, 0.05) is 11.5 Å². The highest BCUT2D eigenvalue weighted by Crippen LogP contribution is 2.16. The predicted molar refractivity (Wildman–Crippen MR) is 54.5 cm³/mol. The lowest BCUT2D eigenvalue weighted by Crippen LogP contribution is -2.06. The number of benzene rings is 1. The third kappa shape index (κ3) is 3.01. The first-order valence-electron chi connectivity index (χ1n) is 3.85. The molecule has 0 aliphatic carbocycles. The molecule has 0 aromatic heterocycles. The number of aromatic carboxylic acids is 1. The average Bonchev–Trinajstić information content (AvgIpc) is 2.15. The van der Waals surface area contributed by atoms with Crippen LogP contribution in [-0.4, -0.2) is 17.0 Å². The molecule has 0 heterocycles. The Kier molecular flexibility index (Phi) is 3.32. The summed E-state index contributed by atoms with van der Waals surface area (Å²) in [5, 5.41) is 8.82. The van der Waals surface area contributed by atoms with Gasteiger partial charge in [0.2, 0.25) is 0 Å². The third-order valence-corrected chi connectivity index (χ3v) is 1.85. The molecular formula is C10H6ClNO3. The lowest BCUT2D eigenvalue weighted by atomic mass is 10.1. The van der Waals surface area contributed by atoms with Gasteiger partial charge in [-0.1, -0.05) is 17.5 Å². The first-order chi connectivity index (χ1) is 7.00. The van der Waals surface area contributed by atoms with E-state index in [9.17, 15) is 9.59 Å². The fraction of sp³-hybridized carbons (Fsp3) is 0. The molecule has 0 bridgehead atoms. The standard InChI is InChI=1S/C10H6ClNO3/c11-8-5-7(10(14)15)2-1-6(8)3-4-9(12)13/h1-2,5H,(H2,12,13)(H,14,15). The Morgan fingerprint density at radius 1 is 1.40 bits per heavy atom. The second-order valence-corrected chi connectivity index (χ2v) is 3.02. The van der Waals surface area contributed by atoms with Gasteiger partial charge in [0.1, 0.15) is 0 Å². The van der Waals surface area contributed by atoms with E-state index in [4.69, 9.17) is 22.4 Å². The maximum atomic E-state index is 10.6. The van der Waals surface area contributed by atoms with Crippen molar-refractivity contribution in [3.05, 3.63) is 34.3 Å². The van der Waals surface area contributed by atoms with Gasteiger partial charge in [-0.25, -0.2) is 4.79 Å². The van der Waals surface area contributed by atoms with Crippen LogP contribution in [0.2, 0.25) is 5.02 Å². The van der Waals surface area contributed by atoms with Crippen molar-refractivity contribution in [2.45, 2.75) is 0 Å². The van der Waals surface area contributed by atoms with E-state index in [1.54, 1.807) is 0 Å². The Bertz CT molecular complexity index is 485. The van der Waals surface area contributed by atoms with E-state index in [0.717, 1.165) is 0 Å². The summed E-state index contributed by atoms with van der Waals surface area (Å²) >= 11 is 5.74. The number of hydrogen-bond acceptors (Lipinski definition) is 2. The summed E-state index contributed by atoms with van der Waals surface area (Å²) in [5.41, 5.74) is 5.24. The smallest absolute Gasteiger partial charge is 0.335 e. The van der Waals surface area contributed by atoms with Crippen molar-refractivity contribution >= 4 is 23.5 Å². The second-order valence-electron chi connectivity index (χ2n) is 2.61. The number of primary amides is 1. The van der Waals surface area contributed by atoms with E-state index in [0.29, 0.717) is 5.56 Å². The van der Waals surface area contributed by atoms with Crippen LogP contribution >= 0.6 is 11.6 Å². The predicted octanol–water partition coefficient (Wildman–Crippen LogP) is 0.875. The van der Waals surface area contributed by atoms with Crippen LogP contribution in [0.15, 0.2) is 18.2 Å². The van der Waals surface area contributed by atoms with E-state index in [1.807, 2.05) is 0 Å². The molecule has 0 radical (unpaired) electrons. The van der Waals surface area contributed by atoms with E-state index < -0.39 is 11.9 Å².